The van der Waals surface area contributed by atoms with Crippen LogP contribution < -0.4 is 4.74 Å². The molecule has 0 bridgehead atoms. The SMILES string of the molecule is N#Cc1ccc(Oc2ccc(Cl)cc2Cl)cc1[S]. The van der Waals surface area contributed by atoms with E-state index in [2.05, 4.69) is 0 Å². The summed E-state index contributed by atoms with van der Waals surface area (Å²) in [6, 6.07) is 11.8. The second kappa shape index (κ2) is 5.45. The van der Waals surface area contributed by atoms with Gasteiger partial charge in [-0.05, 0) is 30.3 Å². The Hall–Kier alpha value is -1.47. The van der Waals surface area contributed by atoms with Crippen LogP contribution in [-0.4, -0.2) is 0 Å². The van der Waals surface area contributed by atoms with E-state index in [0.29, 0.717) is 32.0 Å². The monoisotopic (exact) mass is 294 g/mol. The molecular formula is C13H6Cl2NOS. The number of nitriles is 1. The zero-order chi connectivity index (χ0) is 13.1. The summed E-state index contributed by atoms with van der Waals surface area (Å²) in [6.45, 7) is 0. The van der Waals surface area contributed by atoms with Gasteiger partial charge in [-0.25, -0.2) is 0 Å². The first-order valence-electron chi connectivity index (χ1n) is 4.94. The van der Waals surface area contributed by atoms with Gasteiger partial charge in [0.05, 0.1) is 15.5 Å². The lowest BCUT2D eigenvalue weighted by atomic mass is 10.2. The highest BCUT2D eigenvalue weighted by Crippen LogP contribution is 2.32. The molecule has 0 amide bonds. The van der Waals surface area contributed by atoms with Crippen molar-refractivity contribution in [2.24, 2.45) is 0 Å². The van der Waals surface area contributed by atoms with Gasteiger partial charge < -0.3 is 4.74 Å². The second-order valence-corrected chi connectivity index (χ2v) is 4.73. The van der Waals surface area contributed by atoms with Gasteiger partial charge in [0.15, 0.2) is 0 Å². The highest BCUT2D eigenvalue weighted by atomic mass is 35.5. The van der Waals surface area contributed by atoms with Crippen LogP contribution in [0.5, 0.6) is 11.5 Å². The van der Waals surface area contributed by atoms with Crippen molar-refractivity contribution in [2.45, 2.75) is 4.90 Å². The minimum absolute atomic E-state index is 0.415. The van der Waals surface area contributed by atoms with Crippen molar-refractivity contribution in [2.75, 3.05) is 0 Å². The van der Waals surface area contributed by atoms with Gasteiger partial charge in [0.2, 0.25) is 0 Å². The Labute approximate surface area is 120 Å². The Balaban J connectivity index is 2.29. The molecule has 2 nitrogen and oxygen atoms in total. The molecule has 89 valence electrons. The van der Waals surface area contributed by atoms with Gasteiger partial charge in [0, 0.05) is 11.1 Å². The Morgan fingerprint density at radius 2 is 1.89 bits per heavy atom. The number of rotatable bonds is 2. The summed E-state index contributed by atoms with van der Waals surface area (Å²) in [5.74, 6) is 1.02. The van der Waals surface area contributed by atoms with Gasteiger partial charge in [0.1, 0.15) is 17.6 Å². The normalized spacial score (nSPS) is 9.83. The van der Waals surface area contributed by atoms with Gasteiger partial charge in [-0.15, -0.1) is 0 Å². The molecule has 0 aliphatic rings. The molecular weight excluding hydrogens is 289 g/mol. The molecule has 0 spiro atoms. The third-order valence-electron chi connectivity index (χ3n) is 2.20. The van der Waals surface area contributed by atoms with E-state index in [-0.39, 0.29) is 0 Å². The maximum absolute atomic E-state index is 8.78. The number of benzene rings is 2. The maximum Gasteiger partial charge on any atom is 0.146 e. The second-order valence-electron chi connectivity index (χ2n) is 3.45. The zero-order valence-corrected chi connectivity index (χ0v) is 11.3. The summed E-state index contributed by atoms with van der Waals surface area (Å²) < 4.78 is 5.58. The van der Waals surface area contributed by atoms with Gasteiger partial charge >= 0.3 is 0 Å². The lowest BCUT2D eigenvalue weighted by Crippen LogP contribution is -1.87. The summed E-state index contributed by atoms with van der Waals surface area (Å²) in [4.78, 5) is 0.445. The van der Waals surface area contributed by atoms with Crippen LogP contribution >= 0.6 is 35.8 Å². The first-order valence-corrected chi connectivity index (χ1v) is 6.10. The smallest absolute Gasteiger partial charge is 0.146 e. The van der Waals surface area contributed by atoms with Crippen molar-refractivity contribution in [3.8, 4) is 17.6 Å². The number of hydrogen-bond donors (Lipinski definition) is 0. The van der Waals surface area contributed by atoms with Crippen LogP contribution in [0.2, 0.25) is 10.0 Å². The van der Waals surface area contributed by atoms with Crippen molar-refractivity contribution in [3.63, 3.8) is 0 Å². The number of halogens is 2. The molecule has 0 aromatic heterocycles. The Morgan fingerprint density at radius 3 is 2.50 bits per heavy atom. The van der Waals surface area contributed by atoms with Crippen LogP contribution in [0.4, 0.5) is 0 Å². The van der Waals surface area contributed by atoms with Crippen molar-refractivity contribution in [3.05, 3.63) is 52.0 Å². The fourth-order valence-electron chi connectivity index (χ4n) is 1.34. The number of nitrogens with zero attached hydrogens (tertiary/aromatic N) is 1. The Bertz CT molecular complexity index is 637. The quantitative estimate of drug-likeness (QED) is 0.761. The molecule has 0 saturated heterocycles. The molecule has 0 atom stereocenters. The Morgan fingerprint density at radius 1 is 1.11 bits per heavy atom. The van der Waals surface area contributed by atoms with E-state index < -0.39 is 0 Å². The minimum Gasteiger partial charge on any atom is -0.456 e. The van der Waals surface area contributed by atoms with Crippen LogP contribution in [0.1, 0.15) is 5.56 Å². The fourth-order valence-corrected chi connectivity index (χ4v) is 2.02. The lowest BCUT2D eigenvalue weighted by Gasteiger charge is -2.08. The first-order chi connectivity index (χ1) is 8.60. The minimum atomic E-state index is 0.415. The van der Waals surface area contributed by atoms with Crippen LogP contribution in [0.15, 0.2) is 41.3 Å². The molecule has 18 heavy (non-hydrogen) atoms. The Kier molecular flexibility index (Phi) is 3.93. The van der Waals surface area contributed by atoms with Crippen molar-refractivity contribution in [1.29, 1.82) is 5.26 Å². The van der Waals surface area contributed by atoms with Gasteiger partial charge in [0.25, 0.3) is 0 Å². The van der Waals surface area contributed by atoms with Gasteiger partial charge in [-0.2, -0.15) is 5.26 Å². The molecule has 0 heterocycles. The predicted molar refractivity (Wildman–Crippen MR) is 73.6 cm³/mol. The summed E-state index contributed by atoms with van der Waals surface area (Å²) in [6.07, 6.45) is 0. The van der Waals surface area contributed by atoms with Crippen molar-refractivity contribution in [1.82, 2.24) is 0 Å². The zero-order valence-electron chi connectivity index (χ0n) is 8.98. The van der Waals surface area contributed by atoms with Crippen molar-refractivity contribution >= 4 is 35.8 Å². The number of hydrogen-bond acceptors (Lipinski definition) is 2. The molecule has 0 saturated carbocycles. The van der Waals surface area contributed by atoms with Gasteiger partial charge in [-0.3, -0.25) is 0 Å². The van der Waals surface area contributed by atoms with Crippen LogP contribution in [0.3, 0.4) is 0 Å². The lowest BCUT2D eigenvalue weighted by molar-refractivity contribution is 0.481. The van der Waals surface area contributed by atoms with E-state index >= 15 is 0 Å². The molecule has 0 aliphatic heterocycles. The van der Waals surface area contributed by atoms with E-state index in [4.69, 9.17) is 45.8 Å². The molecule has 5 heteroatoms. The van der Waals surface area contributed by atoms with E-state index in [1.54, 1.807) is 36.4 Å². The van der Waals surface area contributed by atoms with Crippen LogP contribution in [0, 0.1) is 11.3 Å². The molecule has 0 aliphatic carbocycles. The summed E-state index contributed by atoms with van der Waals surface area (Å²) in [5.41, 5.74) is 0.444. The highest BCUT2D eigenvalue weighted by molar-refractivity contribution is 7.80. The standard InChI is InChI=1S/C13H6Cl2NOS/c14-9-2-4-12(11(15)5-9)17-10-3-1-8(7-16)13(18)6-10/h1-6H. The third-order valence-corrected chi connectivity index (χ3v) is 3.06. The summed E-state index contributed by atoms with van der Waals surface area (Å²) in [7, 11) is 0. The summed E-state index contributed by atoms with van der Waals surface area (Å²) >= 11 is 16.8. The largest absolute Gasteiger partial charge is 0.456 e. The van der Waals surface area contributed by atoms with E-state index in [1.807, 2.05) is 6.07 Å². The highest BCUT2D eigenvalue weighted by Gasteiger charge is 2.06. The molecule has 2 rings (SSSR count). The molecule has 0 N–H and O–H groups in total. The summed E-state index contributed by atoms with van der Waals surface area (Å²) in [5, 5.41) is 9.73. The van der Waals surface area contributed by atoms with Crippen LogP contribution in [0.25, 0.3) is 0 Å². The van der Waals surface area contributed by atoms with Crippen LogP contribution in [-0.2, 0) is 0 Å². The van der Waals surface area contributed by atoms with Gasteiger partial charge in [-0.1, -0.05) is 35.8 Å². The molecule has 2 aromatic rings. The van der Waals surface area contributed by atoms with Crippen molar-refractivity contribution < 1.29 is 4.74 Å². The molecule has 2 aromatic carbocycles. The first kappa shape index (κ1) is 13.0. The van der Waals surface area contributed by atoms with E-state index in [0.717, 1.165) is 0 Å². The maximum atomic E-state index is 8.78. The van der Waals surface area contributed by atoms with E-state index in [9.17, 15) is 0 Å². The average Bonchev–Trinajstić information content (AvgIpc) is 2.33. The topological polar surface area (TPSA) is 33.0 Å². The average molecular weight is 295 g/mol. The predicted octanol–water partition coefficient (Wildman–Crippen LogP) is 5.21. The number of ether oxygens (including phenoxy) is 1. The molecule has 1 radical (unpaired) electrons. The third kappa shape index (κ3) is 2.85. The molecule has 0 fully saturated rings. The van der Waals surface area contributed by atoms with E-state index in [1.165, 1.54) is 0 Å². The fraction of sp³-hybridized carbons (Fsp3) is 0. The molecule has 0 unspecified atom stereocenters.